The summed E-state index contributed by atoms with van der Waals surface area (Å²) in [5.41, 5.74) is 7.81. The summed E-state index contributed by atoms with van der Waals surface area (Å²) in [5, 5.41) is 6.74. The third-order valence-corrected chi connectivity index (χ3v) is 9.27. The first-order valence-corrected chi connectivity index (χ1v) is 16.0. The van der Waals surface area contributed by atoms with E-state index in [-0.39, 0.29) is 0 Å². The zero-order chi connectivity index (χ0) is 31.6. The highest BCUT2D eigenvalue weighted by atomic mass is 16.3. The highest BCUT2D eigenvalue weighted by Gasteiger charge is 2.20. The third-order valence-electron chi connectivity index (χ3n) is 9.27. The number of para-hydroxylation sites is 2. The van der Waals surface area contributed by atoms with E-state index in [0.29, 0.717) is 17.6 Å². The fourth-order valence-corrected chi connectivity index (χ4v) is 7.10. The van der Waals surface area contributed by atoms with Crippen molar-refractivity contribution in [3.05, 3.63) is 158 Å². The average molecular weight is 615 g/mol. The topological polar surface area (TPSA) is 56.7 Å². The van der Waals surface area contributed by atoms with Gasteiger partial charge in [-0.25, -0.2) is 4.98 Å². The van der Waals surface area contributed by atoms with Crippen molar-refractivity contribution in [3.8, 4) is 39.9 Å². The van der Waals surface area contributed by atoms with Crippen molar-refractivity contribution < 1.29 is 4.42 Å². The van der Waals surface area contributed by atoms with E-state index < -0.39 is 0 Å². The second kappa shape index (κ2) is 10.5. The lowest BCUT2D eigenvalue weighted by Gasteiger charge is -2.11. The molecule has 10 rings (SSSR count). The van der Waals surface area contributed by atoms with Gasteiger partial charge in [0, 0.05) is 32.7 Å². The highest BCUT2D eigenvalue weighted by molar-refractivity contribution is 6.13. The van der Waals surface area contributed by atoms with E-state index >= 15 is 0 Å². The van der Waals surface area contributed by atoms with Gasteiger partial charge in [-0.15, -0.1) is 0 Å². The van der Waals surface area contributed by atoms with Crippen molar-refractivity contribution in [2.45, 2.75) is 0 Å². The van der Waals surface area contributed by atoms with E-state index in [4.69, 9.17) is 19.4 Å². The fourth-order valence-electron chi connectivity index (χ4n) is 7.10. The molecule has 0 aliphatic carbocycles. The van der Waals surface area contributed by atoms with E-state index in [1.54, 1.807) is 0 Å². The number of rotatable bonds is 4. The Labute approximate surface area is 275 Å². The molecule has 224 valence electrons. The van der Waals surface area contributed by atoms with Crippen LogP contribution in [-0.4, -0.2) is 19.5 Å². The van der Waals surface area contributed by atoms with E-state index in [2.05, 4.69) is 120 Å². The molecule has 0 N–H and O–H groups in total. The maximum Gasteiger partial charge on any atom is 0.238 e. The van der Waals surface area contributed by atoms with Crippen molar-refractivity contribution in [2.75, 3.05) is 0 Å². The Morgan fingerprint density at radius 1 is 0.417 bits per heavy atom. The van der Waals surface area contributed by atoms with Gasteiger partial charge < -0.3 is 4.42 Å². The van der Waals surface area contributed by atoms with Crippen molar-refractivity contribution in [3.63, 3.8) is 0 Å². The third kappa shape index (κ3) is 4.08. The Bertz CT molecular complexity index is 2790. The molecule has 0 bridgehead atoms. The highest BCUT2D eigenvalue weighted by Crippen LogP contribution is 2.39. The van der Waals surface area contributed by atoms with Gasteiger partial charge >= 0.3 is 0 Å². The largest absolute Gasteiger partial charge is 0.456 e. The smallest absolute Gasteiger partial charge is 0.238 e. The first-order valence-electron chi connectivity index (χ1n) is 16.0. The van der Waals surface area contributed by atoms with Crippen molar-refractivity contribution in [2.24, 2.45) is 0 Å². The Balaban J connectivity index is 1.22. The molecule has 0 saturated heterocycles. The number of aromatic nitrogens is 4. The van der Waals surface area contributed by atoms with Crippen LogP contribution in [0.15, 0.2) is 162 Å². The van der Waals surface area contributed by atoms with Crippen LogP contribution in [0.2, 0.25) is 0 Å². The molecule has 10 aromatic rings. The molecular weight excluding hydrogens is 589 g/mol. The maximum absolute atomic E-state index is 6.55. The van der Waals surface area contributed by atoms with Crippen LogP contribution in [0.1, 0.15) is 0 Å². The number of furan rings is 1. The van der Waals surface area contributed by atoms with Crippen LogP contribution in [0.25, 0.3) is 94.4 Å². The molecule has 5 nitrogen and oxygen atoms in total. The summed E-state index contributed by atoms with van der Waals surface area (Å²) >= 11 is 0. The molecule has 0 aliphatic heterocycles. The Morgan fingerprint density at radius 2 is 1.06 bits per heavy atom. The first kappa shape index (κ1) is 26.6. The molecule has 0 amide bonds. The normalized spacial score (nSPS) is 11.8. The van der Waals surface area contributed by atoms with E-state index in [1.165, 1.54) is 16.3 Å². The van der Waals surface area contributed by atoms with Crippen LogP contribution in [-0.2, 0) is 0 Å². The maximum atomic E-state index is 6.55. The number of hydrogen-bond donors (Lipinski definition) is 0. The van der Waals surface area contributed by atoms with Gasteiger partial charge in [0.1, 0.15) is 11.2 Å². The summed E-state index contributed by atoms with van der Waals surface area (Å²) in [7, 11) is 0. The second-order valence-electron chi connectivity index (χ2n) is 12.0. The summed E-state index contributed by atoms with van der Waals surface area (Å²) in [6.45, 7) is 0. The minimum atomic E-state index is 0.569. The summed E-state index contributed by atoms with van der Waals surface area (Å²) in [6.07, 6.45) is 0. The van der Waals surface area contributed by atoms with Crippen molar-refractivity contribution in [1.29, 1.82) is 0 Å². The van der Waals surface area contributed by atoms with Crippen molar-refractivity contribution >= 4 is 54.5 Å². The number of hydrogen-bond acceptors (Lipinski definition) is 4. The van der Waals surface area contributed by atoms with Gasteiger partial charge in [0.15, 0.2) is 11.6 Å². The monoisotopic (exact) mass is 614 g/mol. The zero-order valence-corrected chi connectivity index (χ0v) is 25.7. The van der Waals surface area contributed by atoms with E-state index in [1.807, 2.05) is 42.5 Å². The van der Waals surface area contributed by atoms with Gasteiger partial charge in [0.05, 0.1) is 11.0 Å². The molecular formula is C43H26N4O. The van der Waals surface area contributed by atoms with E-state index in [9.17, 15) is 0 Å². The molecule has 0 unspecified atom stereocenters. The Kier molecular flexibility index (Phi) is 5.81. The Hall–Kier alpha value is -6.59. The first-order chi connectivity index (χ1) is 23.8. The lowest BCUT2D eigenvalue weighted by Crippen LogP contribution is -2.06. The molecule has 0 aliphatic rings. The molecule has 7 aromatic carbocycles. The second-order valence-corrected chi connectivity index (χ2v) is 12.0. The predicted molar refractivity (Wildman–Crippen MR) is 195 cm³/mol. The minimum Gasteiger partial charge on any atom is -0.456 e. The summed E-state index contributed by atoms with van der Waals surface area (Å²) in [5.74, 6) is 1.77. The number of benzene rings is 7. The lowest BCUT2D eigenvalue weighted by molar-refractivity contribution is 0.669. The van der Waals surface area contributed by atoms with Crippen LogP contribution >= 0.6 is 0 Å². The summed E-state index contributed by atoms with van der Waals surface area (Å²) < 4.78 is 8.69. The quantitative estimate of drug-likeness (QED) is 0.198. The van der Waals surface area contributed by atoms with Crippen LogP contribution in [0.3, 0.4) is 0 Å². The van der Waals surface area contributed by atoms with Crippen LogP contribution in [0.5, 0.6) is 0 Å². The van der Waals surface area contributed by atoms with Crippen LogP contribution < -0.4 is 0 Å². The fraction of sp³-hybridized carbons (Fsp3) is 0. The van der Waals surface area contributed by atoms with Gasteiger partial charge in [-0.3, -0.25) is 4.57 Å². The zero-order valence-electron chi connectivity index (χ0n) is 25.7. The van der Waals surface area contributed by atoms with Gasteiger partial charge in [-0.05, 0) is 52.2 Å². The van der Waals surface area contributed by atoms with Gasteiger partial charge in [0.25, 0.3) is 0 Å². The standard InChI is InChI=1S/C43H26N4O/c1-2-13-28(14-3-1)41-44-42(46-43(45-41)47-36-21-8-6-17-32(36)33-18-7-9-22-37(33)47)35-20-11-23-38-40(35)34-25-24-29(26-39(34)48-38)31-19-10-15-27-12-4-5-16-30(27)31/h1-26H. The molecule has 5 heteroatoms. The molecule has 48 heavy (non-hydrogen) atoms. The van der Waals surface area contributed by atoms with E-state index in [0.717, 1.165) is 60.4 Å². The van der Waals surface area contributed by atoms with Gasteiger partial charge in [-0.2, -0.15) is 9.97 Å². The SMILES string of the molecule is c1ccc(-c2nc(-c3cccc4oc5cc(-c6cccc7ccccc67)ccc5c34)nc(-n3c4ccccc4c4ccccc43)n2)cc1. The Morgan fingerprint density at radius 3 is 1.88 bits per heavy atom. The molecule has 3 aromatic heterocycles. The summed E-state index contributed by atoms with van der Waals surface area (Å²) in [4.78, 5) is 15.4. The molecule has 3 heterocycles. The minimum absolute atomic E-state index is 0.569. The molecule has 0 spiro atoms. The molecule has 0 atom stereocenters. The lowest BCUT2D eigenvalue weighted by atomic mass is 9.97. The van der Waals surface area contributed by atoms with Crippen LogP contribution in [0, 0.1) is 0 Å². The molecule has 0 fully saturated rings. The molecule has 0 saturated carbocycles. The predicted octanol–water partition coefficient (Wildman–Crippen LogP) is 11.0. The van der Waals surface area contributed by atoms with Gasteiger partial charge in [-0.1, -0.05) is 127 Å². The average Bonchev–Trinajstić information content (AvgIpc) is 3.70. The number of fused-ring (bicyclic) bond motifs is 7. The van der Waals surface area contributed by atoms with Crippen LogP contribution in [0.4, 0.5) is 0 Å². The summed E-state index contributed by atoms with van der Waals surface area (Å²) in [6, 6.07) is 54.4. The van der Waals surface area contributed by atoms with Gasteiger partial charge in [0.2, 0.25) is 5.95 Å². The van der Waals surface area contributed by atoms with Crippen molar-refractivity contribution in [1.82, 2.24) is 19.5 Å². The number of nitrogens with zero attached hydrogens (tertiary/aromatic N) is 4. The molecule has 0 radical (unpaired) electrons.